The lowest BCUT2D eigenvalue weighted by atomic mass is 9.87. The monoisotopic (exact) mass is 1480 g/mol. The summed E-state index contributed by atoms with van der Waals surface area (Å²) in [7, 11) is 0. The van der Waals surface area contributed by atoms with Crippen molar-refractivity contribution in [1.29, 1.82) is 0 Å². The average Bonchev–Trinajstić information content (AvgIpc) is 0.740. The first kappa shape index (κ1) is 78.1. The number of carbonyl (C=O) groups excluding carboxylic acids is 4. The van der Waals surface area contributed by atoms with Crippen molar-refractivity contribution in [3.8, 4) is 57.1 Å². The Morgan fingerprint density at radius 1 is 0.538 bits per heavy atom. The molecule has 40 heteroatoms. The number of rotatable bonds is 25. The SMILES string of the molecule is O=C(C=Cc1ccc(O)c(O)c1)O[C@H]1[C@H](OO[C@@H]2[C@@H](O)[C@@H](O)[C@@H](COC(=O)CC(=O)OC(C(=O)O)C(O)C(=O)O)O[C@H]2c2cc3c(=O)cc(O[C@@H]4O[C@H](COC(=[OH+])C=Cc5ccc(O)c(O)c5)[C@@H](O)[C@H](O)[C@H]4O)cc-3oc2-c2ccc(O)c([C@@H]3O[C@H](C(=O)O)[C@@H](O)[C@H](O)[C@H]3O)c2)O[C@H](CO)[C@@H](O)[C@@H]1O. The van der Waals surface area contributed by atoms with E-state index in [-0.39, 0.29) is 11.1 Å². The Balaban J connectivity index is 1.12. The Labute approximate surface area is 580 Å². The Hall–Kier alpha value is -10.1. The van der Waals surface area contributed by atoms with Crippen molar-refractivity contribution in [2.75, 3.05) is 19.8 Å². The Bertz CT molecular complexity index is 4060. The van der Waals surface area contributed by atoms with Crippen molar-refractivity contribution in [3.63, 3.8) is 0 Å². The number of hydrogen-bond donors (Lipinski definition) is 20. The maximum atomic E-state index is 14.6. The molecule has 1 aliphatic carbocycles. The highest BCUT2D eigenvalue weighted by Crippen LogP contribution is 2.46. The van der Waals surface area contributed by atoms with Gasteiger partial charge in [0, 0.05) is 34.9 Å². The van der Waals surface area contributed by atoms with Crippen LogP contribution in [0, 0.1) is 0 Å². The largest absolute Gasteiger partial charge is 0.510 e. The minimum atomic E-state index is -2.84. The van der Waals surface area contributed by atoms with Crippen LogP contribution < -0.4 is 10.2 Å². The lowest BCUT2D eigenvalue weighted by Gasteiger charge is -2.44. The number of aliphatic hydroxyl groups is 12. The topological polar surface area (TPSA) is 660 Å². The van der Waals surface area contributed by atoms with Crippen LogP contribution >= 0.6 is 0 Å². The number of fused-ring (bicyclic) bond motifs is 1. The summed E-state index contributed by atoms with van der Waals surface area (Å²) in [5, 5.41) is 211. The van der Waals surface area contributed by atoms with Gasteiger partial charge < -0.3 is 154 Å². The number of aromatic hydroxyl groups is 5. The number of phenolic OH excluding ortho intramolecular Hbond substituents is 5. The maximum Gasteiger partial charge on any atom is 0.510 e. The van der Waals surface area contributed by atoms with Crippen molar-refractivity contribution >= 4 is 53.9 Å². The molecule has 6 aliphatic rings. The average molecular weight is 1480 g/mol. The summed E-state index contributed by atoms with van der Waals surface area (Å²) in [4.78, 5) is 111. The fraction of sp³-hybridized carbons (Fsp3) is 0.406. The molecule has 0 amide bonds. The van der Waals surface area contributed by atoms with Crippen LogP contribution in [0.5, 0.6) is 34.5 Å². The first-order valence-electron chi connectivity index (χ1n) is 30.6. The minimum Gasteiger partial charge on any atom is -0.508 e. The normalized spacial score (nSPS) is 29.9. The third-order valence-corrected chi connectivity index (χ3v) is 16.5. The summed E-state index contributed by atoms with van der Waals surface area (Å²) in [6.45, 7) is -3.13. The van der Waals surface area contributed by atoms with Gasteiger partial charge in [0.25, 0.3) is 0 Å². The van der Waals surface area contributed by atoms with Gasteiger partial charge in [-0.25, -0.2) is 24.1 Å². The Kier molecular flexibility index (Phi) is 24.9. The molecule has 104 heavy (non-hydrogen) atoms. The minimum absolute atomic E-state index is 0.100. The summed E-state index contributed by atoms with van der Waals surface area (Å²) in [5.41, 5.74) is -2.87. The van der Waals surface area contributed by atoms with E-state index in [0.29, 0.717) is 0 Å². The molecule has 9 rings (SSSR count). The smallest absolute Gasteiger partial charge is 0.508 e. The van der Waals surface area contributed by atoms with E-state index < -0.39 is 276 Å². The Morgan fingerprint density at radius 2 is 1.12 bits per heavy atom. The van der Waals surface area contributed by atoms with Crippen molar-refractivity contribution < 1.29 is 193 Å². The van der Waals surface area contributed by atoms with Crippen LogP contribution in [0.25, 0.3) is 34.8 Å². The van der Waals surface area contributed by atoms with Gasteiger partial charge in [0.05, 0.1) is 18.2 Å². The number of phenols is 5. The second-order valence-electron chi connectivity index (χ2n) is 23.6. The molecule has 5 heterocycles. The van der Waals surface area contributed by atoms with Crippen LogP contribution in [0.4, 0.5) is 0 Å². The van der Waals surface area contributed by atoms with Gasteiger partial charge in [-0.3, -0.25) is 14.4 Å². The number of esters is 4. The molecule has 0 bridgehead atoms. The zero-order chi connectivity index (χ0) is 76.0. The quantitative estimate of drug-likeness (QED) is 0.00380. The molecule has 3 aromatic rings. The summed E-state index contributed by atoms with van der Waals surface area (Å²) in [6.07, 6.45) is -46.5. The second-order valence-corrected chi connectivity index (χ2v) is 23.6. The number of ether oxygens (including phenoxy) is 9. The molecular formula is C64H67O40+. The predicted octanol–water partition coefficient (Wildman–Crippen LogP) is -5.12. The van der Waals surface area contributed by atoms with Gasteiger partial charge >= 0.3 is 41.8 Å². The molecule has 2 unspecified atom stereocenters. The van der Waals surface area contributed by atoms with Gasteiger partial charge in [-0.1, -0.05) is 12.1 Å². The number of aliphatic carboxylic acids is 3. The highest BCUT2D eigenvalue weighted by molar-refractivity contribution is 5.93. The van der Waals surface area contributed by atoms with E-state index in [1.807, 2.05) is 0 Å². The summed E-state index contributed by atoms with van der Waals surface area (Å²) < 4.78 is 55.7. The molecule has 0 radical (unpaired) electrons. The first-order valence-corrected chi connectivity index (χ1v) is 30.6. The highest BCUT2D eigenvalue weighted by atomic mass is 17.2. The van der Waals surface area contributed by atoms with E-state index >= 15 is 0 Å². The van der Waals surface area contributed by atoms with Gasteiger partial charge in [-0.05, 0) is 71.8 Å². The first-order chi connectivity index (χ1) is 49.1. The highest BCUT2D eigenvalue weighted by Gasteiger charge is 2.54. The van der Waals surface area contributed by atoms with Crippen LogP contribution in [0.15, 0.2) is 94.2 Å². The standard InChI is InChI=1S/C64H66O40/c65-18-35-42(76)48(82)59(100-39(73)10-4-22-2-7-30(68)33(71)12-22)64(98-35)104-103-56-47(81)44(78)36(19-94-40(74)17-41(75)101-58(62(91)92)52(86)60(87)88)97-55(56)27-16-25-31(69)14-24(95-63-51(85)45(79)43(77)37(99-63)20-93-38(72)9-3-21-1-6-29(67)32(70)11-21)15-34(25)96-53(27)23-5-8-28(66)26(13-23)54-49(83)46(80)50(84)57(102-54)61(89)90/h1-16,35-37,42-52,54-59,63-68,70-71,76-86H,17-20H2,(H,87,88)(H,89,90)(H,91,92)/p+1/t35-,36-,37-,42-,43-,44+,45+,46-,47+,48+,49-,50+,51-,52?,54+,55+,56-,57+,58?,59-,63-,64+/m1/s1. The molecule has 3 aromatic carbocycles. The summed E-state index contributed by atoms with van der Waals surface area (Å²) >= 11 is 0. The van der Waals surface area contributed by atoms with Crippen LogP contribution in [-0.4, -0.2) is 291 Å². The van der Waals surface area contributed by atoms with Gasteiger partial charge in [0.2, 0.25) is 25.3 Å². The molecule has 4 saturated heterocycles. The molecule has 5 aliphatic heterocycles. The van der Waals surface area contributed by atoms with Gasteiger partial charge in [0.15, 0.2) is 58.9 Å². The van der Waals surface area contributed by atoms with Crippen LogP contribution in [0.3, 0.4) is 0 Å². The molecule has 562 valence electrons. The van der Waals surface area contributed by atoms with E-state index in [9.17, 15) is 135 Å². The molecule has 22 atom stereocenters. The van der Waals surface area contributed by atoms with Gasteiger partial charge in [-0.15, -0.1) is 0 Å². The zero-order valence-electron chi connectivity index (χ0n) is 52.9. The van der Waals surface area contributed by atoms with Gasteiger partial charge in [-0.2, -0.15) is 4.89 Å². The molecule has 0 aromatic heterocycles. The lowest BCUT2D eigenvalue weighted by Crippen LogP contribution is -2.61. The van der Waals surface area contributed by atoms with E-state index in [0.717, 1.165) is 78.9 Å². The Morgan fingerprint density at radius 3 is 1.75 bits per heavy atom. The molecule has 4 fully saturated rings. The number of hydrogen-bond acceptors (Lipinski definition) is 36. The van der Waals surface area contributed by atoms with Crippen molar-refractivity contribution in [2.45, 2.75) is 141 Å². The van der Waals surface area contributed by atoms with Crippen LogP contribution in [0.1, 0.15) is 40.9 Å². The molecule has 0 saturated carbocycles. The van der Waals surface area contributed by atoms with Gasteiger partial charge in [0.1, 0.15) is 122 Å². The maximum absolute atomic E-state index is 14.6. The van der Waals surface area contributed by atoms with Crippen molar-refractivity contribution in [2.24, 2.45) is 0 Å². The second kappa shape index (κ2) is 33.2. The van der Waals surface area contributed by atoms with Crippen molar-refractivity contribution in [3.05, 3.63) is 117 Å². The number of benzene rings is 4. The van der Waals surface area contributed by atoms with E-state index in [4.69, 9.17) is 57.2 Å². The molecule has 0 spiro atoms. The third-order valence-electron chi connectivity index (χ3n) is 16.5. The number of aliphatic hydroxyl groups excluding tert-OH is 12. The number of carbonyl (C=O) groups is 6. The van der Waals surface area contributed by atoms with Crippen LogP contribution in [0.2, 0.25) is 0 Å². The molecular weight excluding hydrogens is 1410 g/mol. The summed E-state index contributed by atoms with van der Waals surface area (Å²) in [6, 6.07) is 12.4. The predicted molar refractivity (Wildman–Crippen MR) is 330 cm³/mol. The van der Waals surface area contributed by atoms with Crippen LogP contribution in [-0.2, 0) is 76.4 Å². The molecule has 21 N–H and O–H groups in total. The number of carboxylic acid groups (broad SMARTS) is 3. The lowest BCUT2D eigenvalue weighted by molar-refractivity contribution is -0.460. The zero-order valence-corrected chi connectivity index (χ0v) is 52.9. The summed E-state index contributed by atoms with van der Waals surface area (Å²) in [5.74, 6) is -16.5. The van der Waals surface area contributed by atoms with E-state index in [1.54, 1.807) is 0 Å². The van der Waals surface area contributed by atoms with E-state index in [2.05, 4.69) is 4.74 Å². The van der Waals surface area contributed by atoms with E-state index in [1.165, 1.54) is 18.2 Å². The third kappa shape index (κ3) is 17.6. The fourth-order valence-corrected chi connectivity index (χ4v) is 11.0. The fourth-order valence-electron chi connectivity index (χ4n) is 11.0. The molecule has 40 nitrogen and oxygen atoms in total. The van der Waals surface area contributed by atoms with Crippen molar-refractivity contribution in [1.82, 2.24) is 0 Å². The number of carboxylic acids is 3.